The zero-order valence-corrected chi connectivity index (χ0v) is 17.6. The Kier molecular flexibility index (Phi) is 5.69. The molecule has 1 heterocycles. The summed E-state index contributed by atoms with van der Waals surface area (Å²) in [5, 5.41) is 9.13. The van der Waals surface area contributed by atoms with Crippen molar-refractivity contribution in [1.82, 2.24) is 0 Å². The molecular weight excluding hydrogens is 388 g/mol. The highest BCUT2D eigenvalue weighted by atomic mass is 16.3. The van der Waals surface area contributed by atoms with Crippen molar-refractivity contribution in [2.45, 2.75) is 6.92 Å². The van der Waals surface area contributed by atoms with Crippen LogP contribution in [0, 0.1) is 6.92 Å². The van der Waals surface area contributed by atoms with E-state index in [9.17, 15) is 9.59 Å². The van der Waals surface area contributed by atoms with Gasteiger partial charge in [0.05, 0.1) is 12.3 Å². The van der Waals surface area contributed by atoms with Gasteiger partial charge in [-0.3, -0.25) is 9.59 Å². The largest absolute Gasteiger partial charge is 0.395 e. The molecule has 1 N–H and O–H groups in total. The second-order valence-electron chi connectivity index (χ2n) is 7.57. The average Bonchev–Trinajstić information content (AvgIpc) is 2.78. The summed E-state index contributed by atoms with van der Waals surface area (Å²) in [6.07, 6.45) is 1.83. The van der Waals surface area contributed by atoms with E-state index in [0.717, 1.165) is 16.8 Å². The van der Waals surface area contributed by atoms with Crippen molar-refractivity contribution in [2.75, 3.05) is 30.0 Å². The monoisotopic (exact) mass is 412 g/mol. The van der Waals surface area contributed by atoms with Gasteiger partial charge in [-0.25, -0.2) is 4.90 Å². The third-order valence-electron chi connectivity index (χ3n) is 5.52. The van der Waals surface area contributed by atoms with Crippen molar-refractivity contribution in [1.29, 1.82) is 0 Å². The summed E-state index contributed by atoms with van der Waals surface area (Å²) in [6.45, 7) is 2.51. The Bertz CT molecular complexity index is 1170. The van der Waals surface area contributed by atoms with Gasteiger partial charge in [-0.2, -0.15) is 0 Å². The van der Waals surface area contributed by atoms with Crippen molar-refractivity contribution in [3.63, 3.8) is 0 Å². The molecule has 0 unspecified atom stereocenters. The van der Waals surface area contributed by atoms with Gasteiger partial charge < -0.3 is 10.0 Å². The second kappa shape index (κ2) is 8.58. The molecule has 0 atom stereocenters. The van der Waals surface area contributed by atoms with Gasteiger partial charge in [-0.1, -0.05) is 48.5 Å². The fourth-order valence-electron chi connectivity index (χ4n) is 3.80. The van der Waals surface area contributed by atoms with Gasteiger partial charge in [0.15, 0.2) is 0 Å². The predicted octanol–water partition coefficient (Wildman–Crippen LogP) is 4.15. The predicted molar refractivity (Wildman–Crippen MR) is 124 cm³/mol. The van der Waals surface area contributed by atoms with Crippen LogP contribution < -0.4 is 9.80 Å². The number of aryl methyl sites for hydroxylation is 1. The third-order valence-corrected chi connectivity index (χ3v) is 5.52. The number of aliphatic hydroxyl groups excluding tert-OH is 1. The van der Waals surface area contributed by atoms with Crippen LogP contribution in [0.4, 0.5) is 11.4 Å². The number of amides is 2. The smallest absolute Gasteiger partial charge is 0.265 e. The standard InChI is InChI=1S/C26H24N2O3/c1-18-7-3-6-10-24(18)28-25(30)22-9-5-4-8-21(22)23(26(28)31)17-19-11-13-20(14-12-19)27(2)15-16-29/h3-14,17,29H,15-16H2,1-2H3/b23-17-. The number of carbonyl (C=O) groups excluding carboxylic acids is 2. The lowest BCUT2D eigenvalue weighted by Crippen LogP contribution is -2.42. The average molecular weight is 412 g/mol. The first-order chi connectivity index (χ1) is 15.0. The number of para-hydroxylation sites is 1. The maximum atomic E-state index is 13.5. The van der Waals surface area contributed by atoms with Crippen LogP contribution >= 0.6 is 0 Å². The van der Waals surface area contributed by atoms with E-state index >= 15 is 0 Å². The molecule has 156 valence electrons. The number of nitrogens with zero attached hydrogens (tertiary/aromatic N) is 2. The first kappa shape index (κ1) is 20.6. The molecule has 0 saturated heterocycles. The van der Waals surface area contributed by atoms with Crippen molar-refractivity contribution < 1.29 is 14.7 Å². The molecule has 4 rings (SSSR count). The summed E-state index contributed by atoms with van der Waals surface area (Å²) in [7, 11) is 1.91. The summed E-state index contributed by atoms with van der Waals surface area (Å²) in [4.78, 5) is 30.0. The molecule has 0 aromatic heterocycles. The highest BCUT2D eigenvalue weighted by Gasteiger charge is 2.36. The molecule has 2 amide bonds. The molecule has 5 nitrogen and oxygen atoms in total. The molecule has 0 fully saturated rings. The number of rotatable bonds is 5. The van der Waals surface area contributed by atoms with Crippen LogP contribution in [0.1, 0.15) is 27.0 Å². The van der Waals surface area contributed by atoms with Crippen molar-refractivity contribution in [2.24, 2.45) is 0 Å². The van der Waals surface area contributed by atoms with Gasteiger partial charge >= 0.3 is 0 Å². The lowest BCUT2D eigenvalue weighted by molar-refractivity contribution is -0.112. The Morgan fingerprint density at radius 3 is 2.19 bits per heavy atom. The lowest BCUT2D eigenvalue weighted by atomic mass is 9.91. The number of fused-ring (bicyclic) bond motifs is 1. The Morgan fingerprint density at radius 1 is 0.871 bits per heavy atom. The topological polar surface area (TPSA) is 60.9 Å². The van der Waals surface area contributed by atoms with Gasteiger partial charge in [0.1, 0.15) is 0 Å². The highest BCUT2D eigenvalue weighted by molar-refractivity contribution is 6.43. The number of hydrogen-bond acceptors (Lipinski definition) is 4. The van der Waals surface area contributed by atoms with Crippen LogP contribution in [0.5, 0.6) is 0 Å². The van der Waals surface area contributed by atoms with Crippen molar-refractivity contribution in [3.05, 3.63) is 95.1 Å². The van der Waals surface area contributed by atoms with Crippen LogP contribution in [0.15, 0.2) is 72.8 Å². The number of imide groups is 1. The molecule has 0 spiro atoms. The Balaban J connectivity index is 1.79. The maximum absolute atomic E-state index is 13.5. The van der Waals surface area contributed by atoms with Gasteiger partial charge in [0.2, 0.25) is 0 Å². The maximum Gasteiger partial charge on any atom is 0.265 e. The molecule has 3 aromatic carbocycles. The van der Waals surface area contributed by atoms with Gasteiger partial charge in [0, 0.05) is 30.4 Å². The fourth-order valence-corrected chi connectivity index (χ4v) is 3.80. The summed E-state index contributed by atoms with van der Waals surface area (Å²) < 4.78 is 0. The van der Waals surface area contributed by atoms with E-state index in [2.05, 4.69) is 0 Å². The third kappa shape index (κ3) is 3.88. The number of hydrogen-bond donors (Lipinski definition) is 1. The first-order valence-corrected chi connectivity index (χ1v) is 10.2. The molecule has 0 bridgehead atoms. The van der Waals surface area contributed by atoms with Gasteiger partial charge in [-0.05, 0) is 54.0 Å². The van der Waals surface area contributed by atoms with E-state index in [1.807, 2.05) is 85.6 Å². The molecule has 31 heavy (non-hydrogen) atoms. The Morgan fingerprint density at radius 2 is 1.52 bits per heavy atom. The van der Waals surface area contributed by atoms with Crippen LogP contribution in [0.25, 0.3) is 11.6 Å². The van der Waals surface area contributed by atoms with Crippen LogP contribution in [0.2, 0.25) is 0 Å². The SMILES string of the molecule is Cc1ccccc1N1C(=O)/C(=C\c2ccc(N(C)CCO)cc2)c2ccccc2C1=O. The molecule has 3 aromatic rings. The minimum absolute atomic E-state index is 0.0797. The van der Waals surface area contributed by atoms with E-state index in [0.29, 0.717) is 28.9 Å². The zero-order chi connectivity index (χ0) is 22.0. The van der Waals surface area contributed by atoms with Gasteiger partial charge in [0.25, 0.3) is 11.8 Å². The molecule has 1 aliphatic heterocycles. The summed E-state index contributed by atoms with van der Waals surface area (Å²) in [5.74, 6) is -0.646. The normalized spacial score (nSPS) is 14.7. The van der Waals surface area contributed by atoms with Crippen LogP contribution in [0.3, 0.4) is 0 Å². The minimum Gasteiger partial charge on any atom is -0.395 e. The second-order valence-corrected chi connectivity index (χ2v) is 7.57. The first-order valence-electron chi connectivity index (χ1n) is 10.2. The minimum atomic E-state index is -0.334. The Labute approximate surface area is 181 Å². The molecule has 0 aliphatic carbocycles. The highest BCUT2D eigenvalue weighted by Crippen LogP contribution is 2.34. The quantitative estimate of drug-likeness (QED) is 0.505. The van der Waals surface area contributed by atoms with E-state index in [1.165, 1.54) is 4.90 Å². The van der Waals surface area contributed by atoms with Crippen molar-refractivity contribution in [3.8, 4) is 0 Å². The number of likely N-dealkylation sites (N-methyl/N-ethyl adjacent to an activating group) is 1. The number of aliphatic hydroxyl groups is 1. The molecule has 0 saturated carbocycles. The number of anilines is 2. The van der Waals surface area contributed by atoms with Crippen LogP contribution in [-0.4, -0.2) is 37.1 Å². The summed E-state index contributed by atoms with van der Waals surface area (Å²) >= 11 is 0. The summed E-state index contributed by atoms with van der Waals surface area (Å²) in [5.41, 5.74) is 4.93. The lowest BCUT2D eigenvalue weighted by Gasteiger charge is -2.29. The fraction of sp³-hybridized carbons (Fsp3) is 0.154. The number of benzene rings is 3. The molecule has 5 heteroatoms. The number of carbonyl (C=O) groups is 2. The van der Waals surface area contributed by atoms with E-state index < -0.39 is 0 Å². The zero-order valence-electron chi connectivity index (χ0n) is 17.6. The molecule has 0 radical (unpaired) electrons. The molecule has 1 aliphatic rings. The van der Waals surface area contributed by atoms with E-state index in [-0.39, 0.29) is 18.4 Å². The van der Waals surface area contributed by atoms with Crippen molar-refractivity contribution >= 4 is 34.8 Å². The summed E-state index contributed by atoms with van der Waals surface area (Å²) in [6, 6.07) is 22.4. The van der Waals surface area contributed by atoms with Gasteiger partial charge in [-0.15, -0.1) is 0 Å². The van der Waals surface area contributed by atoms with E-state index in [4.69, 9.17) is 5.11 Å². The van der Waals surface area contributed by atoms with E-state index in [1.54, 1.807) is 12.1 Å². The Hall–Kier alpha value is -3.70. The molecular formula is C26H24N2O3. The van der Waals surface area contributed by atoms with Crippen LogP contribution in [-0.2, 0) is 4.79 Å².